The smallest absolute Gasteiger partial charge is 0.289 e. The summed E-state index contributed by atoms with van der Waals surface area (Å²) in [5.41, 5.74) is -1.75. The number of rotatable bonds is 7. The Morgan fingerprint density at radius 1 is 0.893 bits per heavy atom. The first-order valence-corrected chi connectivity index (χ1v) is 10.7. The number of sulfone groups is 2. The van der Waals surface area contributed by atoms with Crippen LogP contribution in [0, 0.1) is 20.2 Å². The van der Waals surface area contributed by atoms with E-state index >= 15 is 0 Å². The predicted octanol–water partition coefficient (Wildman–Crippen LogP) is 1.76. The van der Waals surface area contributed by atoms with Gasteiger partial charge in [0.25, 0.3) is 11.4 Å². The molecule has 0 atom stereocenters. The molecule has 0 saturated carbocycles. The highest BCUT2D eigenvalue weighted by molar-refractivity contribution is 7.92. The Hall–Kier alpha value is -2.61. The van der Waals surface area contributed by atoms with Crippen molar-refractivity contribution in [2.75, 3.05) is 12.4 Å². The number of nitro groups is 2. The highest BCUT2D eigenvalue weighted by atomic mass is 35.5. The first kappa shape index (κ1) is 21.7. The topological polar surface area (TPSA) is 175 Å². The fourth-order valence-electron chi connectivity index (χ4n) is 2.23. The Kier molecular flexibility index (Phi) is 6.03. The zero-order valence-electron chi connectivity index (χ0n) is 13.7. The minimum absolute atomic E-state index is 0.330. The van der Waals surface area contributed by atoms with Crippen molar-refractivity contribution in [1.29, 1.82) is 0 Å². The number of hydrogen-bond donors (Lipinski definition) is 1. The molecule has 0 aliphatic heterocycles. The lowest BCUT2D eigenvalue weighted by Gasteiger charge is -2.08. The molecule has 2 aromatic rings. The second-order valence-corrected chi connectivity index (χ2v) is 9.74. The van der Waals surface area contributed by atoms with E-state index in [9.17, 15) is 37.1 Å². The molecule has 0 aliphatic rings. The van der Waals surface area contributed by atoms with Crippen molar-refractivity contribution in [2.24, 2.45) is 0 Å². The summed E-state index contributed by atoms with van der Waals surface area (Å²) in [6, 6.07) is 4.66. The van der Waals surface area contributed by atoms with Crippen LogP contribution in [0.5, 0.6) is 0 Å². The van der Waals surface area contributed by atoms with E-state index < -0.39 is 67.9 Å². The summed E-state index contributed by atoms with van der Waals surface area (Å²) < 4.78 is 49.5. The van der Waals surface area contributed by atoms with E-state index in [1.807, 2.05) is 0 Å². The molecule has 0 aliphatic carbocycles. The van der Waals surface area contributed by atoms with E-state index in [0.29, 0.717) is 12.1 Å². The molecule has 2 rings (SSSR count). The summed E-state index contributed by atoms with van der Waals surface area (Å²) in [6.45, 7) is -0.732. The van der Waals surface area contributed by atoms with Crippen molar-refractivity contribution in [3.8, 4) is 0 Å². The van der Waals surface area contributed by atoms with Gasteiger partial charge in [0.15, 0.2) is 9.84 Å². The normalized spacial score (nSPS) is 11.9. The van der Waals surface area contributed by atoms with Gasteiger partial charge in [0, 0.05) is 12.1 Å². The highest BCUT2D eigenvalue weighted by Gasteiger charge is 2.31. The average Bonchev–Trinajstić information content (AvgIpc) is 2.61. The summed E-state index contributed by atoms with van der Waals surface area (Å²) in [6.07, 6.45) is 0. The average molecular weight is 451 g/mol. The molecule has 11 nitrogen and oxygen atoms in total. The predicted molar refractivity (Wildman–Crippen MR) is 95.8 cm³/mol. The van der Waals surface area contributed by atoms with E-state index in [0.717, 1.165) is 24.3 Å². The van der Waals surface area contributed by atoms with Crippen LogP contribution in [0.3, 0.4) is 0 Å². The molecule has 0 unspecified atom stereocenters. The van der Waals surface area contributed by atoms with E-state index in [4.69, 9.17) is 16.7 Å². The number of nitro benzene ring substituents is 2. The number of hydrogen-bond acceptors (Lipinski definition) is 9. The van der Waals surface area contributed by atoms with Crippen molar-refractivity contribution < 1.29 is 31.8 Å². The van der Waals surface area contributed by atoms with Gasteiger partial charge in [0.1, 0.15) is 9.92 Å². The first-order chi connectivity index (χ1) is 12.9. The summed E-state index contributed by atoms with van der Waals surface area (Å²) in [7, 11) is -8.68. The third kappa shape index (κ3) is 4.11. The van der Waals surface area contributed by atoms with Crippen LogP contribution in [-0.4, -0.2) is 44.1 Å². The van der Waals surface area contributed by atoms with Crippen molar-refractivity contribution in [3.05, 3.63) is 61.6 Å². The van der Waals surface area contributed by atoms with Crippen LogP contribution in [0.1, 0.15) is 0 Å². The summed E-state index contributed by atoms with van der Waals surface area (Å²) in [5.74, 6) is -0.709. The van der Waals surface area contributed by atoms with Gasteiger partial charge < -0.3 is 5.11 Å². The van der Waals surface area contributed by atoms with E-state index in [1.165, 1.54) is 0 Å². The van der Waals surface area contributed by atoms with E-state index in [-0.39, 0.29) is 5.02 Å². The van der Waals surface area contributed by atoms with Crippen molar-refractivity contribution >= 4 is 42.7 Å². The molecule has 0 saturated heterocycles. The van der Waals surface area contributed by atoms with Gasteiger partial charge in [-0.3, -0.25) is 20.2 Å². The summed E-state index contributed by atoms with van der Waals surface area (Å²) >= 11 is 5.64. The molecule has 0 bridgehead atoms. The SMILES string of the molecule is O=[N+]([O-])c1cc(S(=O)(=O)c2ccc(S(=O)(=O)CCO)cc2[N+](=O)[O-])ccc1Cl. The Morgan fingerprint density at radius 3 is 1.96 bits per heavy atom. The molecule has 150 valence electrons. The maximum Gasteiger partial charge on any atom is 0.289 e. The minimum Gasteiger partial charge on any atom is -0.395 e. The molecule has 14 heteroatoms. The molecule has 0 spiro atoms. The number of benzene rings is 2. The van der Waals surface area contributed by atoms with Crippen LogP contribution < -0.4 is 0 Å². The maximum absolute atomic E-state index is 12.8. The van der Waals surface area contributed by atoms with Crippen molar-refractivity contribution in [3.63, 3.8) is 0 Å². The molecule has 0 fully saturated rings. The van der Waals surface area contributed by atoms with Crippen molar-refractivity contribution in [1.82, 2.24) is 0 Å². The second kappa shape index (κ2) is 7.79. The molecule has 0 aromatic heterocycles. The monoisotopic (exact) mass is 450 g/mol. The molecular weight excluding hydrogens is 440 g/mol. The van der Waals surface area contributed by atoms with E-state index in [2.05, 4.69) is 0 Å². The molecule has 28 heavy (non-hydrogen) atoms. The van der Waals surface area contributed by atoms with Crippen LogP contribution in [0.4, 0.5) is 11.4 Å². The van der Waals surface area contributed by atoms with Gasteiger partial charge in [-0.25, -0.2) is 16.8 Å². The molecule has 0 heterocycles. The van der Waals surface area contributed by atoms with Crippen LogP contribution >= 0.6 is 11.6 Å². The number of aliphatic hydroxyl groups excluding tert-OH is 1. The van der Waals surface area contributed by atoms with Gasteiger partial charge in [-0.05, 0) is 24.3 Å². The van der Waals surface area contributed by atoms with Crippen molar-refractivity contribution in [2.45, 2.75) is 14.7 Å². The second-order valence-electron chi connectivity index (χ2n) is 5.30. The van der Waals surface area contributed by atoms with Crippen LogP contribution in [-0.2, 0) is 19.7 Å². The Balaban J connectivity index is 2.71. The summed E-state index contributed by atoms with van der Waals surface area (Å²) in [4.78, 5) is 18.3. The fraction of sp³-hybridized carbons (Fsp3) is 0.143. The zero-order chi connectivity index (χ0) is 21.3. The van der Waals surface area contributed by atoms with Gasteiger partial charge in [0.05, 0.1) is 32.0 Å². The largest absolute Gasteiger partial charge is 0.395 e. The Labute approximate surface area is 163 Å². The first-order valence-electron chi connectivity index (χ1n) is 7.23. The third-order valence-corrected chi connectivity index (χ3v) is 7.37. The number of aliphatic hydroxyl groups is 1. The molecule has 0 amide bonds. The third-order valence-electron chi connectivity index (χ3n) is 3.56. The standard InChI is InChI=1S/C14H11ClN2O9S2/c15-11-3-1-10(8-12(11)16(19)20)28(25,26)14-4-2-9(7-13(14)17(21)22)27(23,24)6-5-18/h1-4,7-8,18H,5-6H2. The van der Waals surface area contributed by atoms with E-state index in [1.54, 1.807) is 0 Å². The molecule has 0 radical (unpaired) electrons. The lowest BCUT2D eigenvalue weighted by atomic mass is 10.3. The summed E-state index contributed by atoms with van der Waals surface area (Å²) in [5, 5.41) is 30.8. The van der Waals surface area contributed by atoms with Gasteiger partial charge >= 0.3 is 0 Å². The fourth-order valence-corrected chi connectivity index (χ4v) is 4.88. The zero-order valence-corrected chi connectivity index (χ0v) is 16.1. The maximum atomic E-state index is 12.8. The lowest BCUT2D eigenvalue weighted by Crippen LogP contribution is -2.12. The van der Waals surface area contributed by atoms with Gasteiger partial charge in [-0.1, -0.05) is 11.6 Å². The lowest BCUT2D eigenvalue weighted by molar-refractivity contribution is -0.388. The quantitative estimate of drug-likeness (QED) is 0.486. The molecule has 1 N–H and O–H groups in total. The van der Waals surface area contributed by atoms with Crippen LogP contribution in [0.25, 0.3) is 0 Å². The van der Waals surface area contributed by atoms with Gasteiger partial charge in [0.2, 0.25) is 9.84 Å². The van der Waals surface area contributed by atoms with Crippen LogP contribution in [0.2, 0.25) is 5.02 Å². The van der Waals surface area contributed by atoms with Gasteiger partial charge in [-0.2, -0.15) is 0 Å². The Morgan fingerprint density at radius 2 is 1.43 bits per heavy atom. The van der Waals surface area contributed by atoms with Gasteiger partial charge in [-0.15, -0.1) is 0 Å². The molecule has 2 aromatic carbocycles. The minimum atomic E-state index is -4.61. The highest BCUT2D eigenvalue weighted by Crippen LogP contribution is 2.34. The Bertz CT molecular complexity index is 1180. The number of halogens is 1. The molecular formula is C14H11ClN2O9S2. The van der Waals surface area contributed by atoms with Crippen LogP contribution in [0.15, 0.2) is 51.1 Å². The number of nitrogens with zero attached hydrogens (tertiary/aromatic N) is 2.